The van der Waals surface area contributed by atoms with Crippen LogP contribution in [0.15, 0.2) is 0 Å². The van der Waals surface area contributed by atoms with Crippen molar-refractivity contribution in [1.82, 2.24) is 5.32 Å². The largest absolute Gasteiger partial charge is 0.444 e. The summed E-state index contributed by atoms with van der Waals surface area (Å²) in [6, 6.07) is 0. The van der Waals surface area contributed by atoms with E-state index in [1.807, 2.05) is 20.8 Å². The number of rotatable bonds is 12. The van der Waals surface area contributed by atoms with E-state index in [1.54, 1.807) is 7.11 Å². The quantitative estimate of drug-likeness (QED) is 0.537. The van der Waals surface area contributed by atoms with E-state index in [0.29, 0.717) is 26.4 Å². The average molecular weight is 333 g/mol. The molecule has 0 bridgehead atoms. The van der Waals surface area contributed by atoms with Crippen LogP contribution in [-0.4, -0.2) is 56.9 Å². The van der Waals surface area contributed by atoms with Gasteiger partial charge in [-0.15, -0.1) is 0 Å². The third-order valence-corrected chi connectivity index (χ3v) is 3.55. The number of nitrogens with one attached hydrogen (secondary N) is 1. The minimum absolute atomic E-state index is 0.0364. The Labute approximate surface area is 140 Å². The van der Waals surface area contributed by atoms with Crippen molar-refractivity contribution in [3.63, 3.8) is 0 Å². The van der Waals surface area contributed by atoms with Gasteiger partial charge in [0.2, 0.25) is 0 Å². The molecule has 0 saturated carbocycles. The van der Waals surface area contributed by atoms with Gasteiger partial charge in [0.1, 0.15) is 5.60 Å². The van der Waals surface area contributed by atoms with E-state index in [1.165, 1.54) is 0 Å². The molecular weight excluding hydrogens is 298 g/mol. The fraction of sp³-hybridized carbons (Fsp3) is 0.941. The lowest BCUT2D eigenvalue weighted by atomic mass is 9.80. The molecule has 2 N–H and O–H groups in total. The molecule has 1 amide bonds. The topological polar surface area (TPSA) is 77.0 Å². The summed E-state index contributed by atoms with van der Waals surface area (Å²) < 4.78 is 15.6. The first-order chi connectivity index (χ1) is 10.8. The highest BCUT2D eigenvalue weighted by Gasteiger charge is 2.29. The molecule has 6 nitrogen and oxygen atoms in total. The Morgan fingerprint density at radius 3 is 2.35 bits per heavy atom. The number of ether oxygens (including phenoxy) is 3. The van der Waals surface area contributed by atoms with Crippen LogP contribution < -0.4 is 5.32 Å². The maximum atomic E-state index is 11.8. The summed E-state index contributed by atoms with van der Waals surface area (Å²) in [6.45, 7) is 9.79. The van der Waals surface area contributed by atoms with Gasteiger partial charge in [0.25, 0.3) is 0 Å². The molecule has 138 valence electrons. The number of aliphatic hydroxyl groups is 1. The van der Waals surface area contributed by atoms with Crippen molar-refractivity contribution in [2.75, 3.05) is 40.1 Å². The molecule has 23 heavy (non-hydrogen) atoms. The highest BCUT2D eigenvalue weighted by molar-refractivity contribution is 5.67. The second-order valence-corrected chi connectivity index (χ2v) is 6.97. The van der Waals surface area contributed by atoms with E-state index in [4.69, 9.17) is 14.2 Å². The lowest BCUT2D eigenvalue weighted by Gasteiger charge is -2.32. The van der Waals surface area contributed by atoms with Gasteiger partial charge in [-0.05, 0) is 40.0 Å². The van der Waals surface area contributed by atoms with E-state index in [-0.39, 0.29) is 12.0 Å². The number of carbonyl (C=O) groups is 1. The highest BCUT2D eigenvalue weighted by Crippen LogP contribution is 2.29. The Bertz CT molecular complexity index is 317. The smallest absolute Gasteiger partial charge is 0.407 e. The molecule has 0 aromatic rings. The fourth-order valence-electron chi connectivity index (χ4n) is 2.41. The summed E-state index contributed by atoms with van der Waals surface area (Å²) in [5, 5.41) is 12.6. The predicted molar refractivity (Wildman–Crippen MR) is 90.6 cm³/mol. The van der Waals surface area contributed by atoms with Gasteiger partial charge < -0.3 is 24.6 Å². The van der Waals surface area contributed by atoms with E-state index >= 15 is 0 Å². The number of hydrogen-bond acceptors (Lipinski definition) is 5. The standard InChI is InChI=1S/C17H35NO5/c1-6-8-17(14-19,9-7-10-22-12-11-21-5)13-18-15(20)23-16(2,3)4/h19H,6-14H2,1-5H3,(H,18,20). The molecule has 0 aliphatic carbocycles. The van der Waals surface area contributed by atoms with Crippen molar-refractivity contribution >= 4 is 6.09 Å². The summed E-state index contributed by atoms with van der Waals surface area (Å²) in [7, 11) is 1.64. The zero-order chi connectivity index (χ0) is 17.8. The van der Waals surface area contributed by atoms with Crippen molar-refractivity contribution in [2.24, 2.45) is 5.41 Å². The first-order valence-electron chi connectivity index (χ1n) is 8.43. The molecule has 0 rings (SSSR count). The minimum Gasteiger partial charge on any atom is -0.444 e. The Kier molecular flexibility index (Phi) is 11.2. The van der Waals surface area contributed by atoms with Crippen LogP contribution in [0.1, 0.15) is 53.4 Å². The molecule has 0 fully saturated rings. The van der Waals surface area contributed by atoms with Crippen LogP contribution in [0.5, 0.6) is 0 Å². The van der Waals surface area contributed by atoms with Gasteiger partial charge in [0.15, 0.2) is 0 Å². The van der Waals surface area contributed by atoms with E-state index in [0.717, 1.165) is 25.7 Å². The van der Waals surface area contributed by atoms with Crippen molar-refractivity contribution in [3.8, 4) is 0 Å². The van der Waals surface area contributed by atoms with Gasteiger partial charge in [-0.2, -0.15) is 0 Å². The van der Waals surface area contributed by atoms with Crippen LogP contribution in [0.4, 0.5) is 4.79 Å². The third-order valence-electron chi connectivity index (χ3n) is 3.55. The van der Waals surface area contributed by atoms with Crippen LogP contribution >= 0.6 is 0 Å². The molecule has 0 saturated heterocycles. The first kappa shape index (κ1) is 22.1. The first-order valence-corrected chi connectivity index (χ1v) is 8.43. The molecule has 0 aliphatic heterocycles. The molecule has 1 atom stereocenters. The van der Waals surface area contributed by atoms with Gasteiger partial charge in [-0.1, -0.05) is 13.3 Å². The Hall–Kier alpha value is -0.850. The SMILES string of the molecule is CCCC(CO)(CCCOCCOC)CNC(=O)OC(C)(C)C. The summed E-state index contributed by atoms with van der Waals surface area (Å²) in [5.74, 6) is 0. The molecule has 1 unspecified atom stereocenters. The van der Waals surface area contributed by atoms with Crippen molar-refractivity contribution in [3.05, 3.63) is 0 Å². The predicted octanol–water partition coefficient (Wildman–Crippen LogP) is 2.73. The molecule has 0 radical (unpaired) electrons. The average Bonchev–Trinajstić information content (AvgIpc) is 2.46. The van der Waals surface area contributed by atoms with Crippen LogP contribution in [0, 0.1) is 5.41 Å². The van der Waals surface area contributed by atoms with E-state index < -0.39 is 11.7 Å². The van der Waals surface area contributed by atoms with E-state index in [2.05, 4.69) is 12.2 Å². The van der Waals surface area contributed by atoms with Crippen LogP contribution in [0.2, 0.25) is 0 Å². The lowest BCUT2D eigenvalue weighted by molar-refractivity contribution is 0.0386. The molecule has 0 aliphatic rings. The van der Waals surface area contributed by atoms with Crippen LogP contribution in [0.25, 0.3) is 0 Å². The zero-order valence-electron chi connectivity index (χ0n) is 15.4. The van der Waals surface area contributed by atoms with Gasteiger partial charge in [-0.3, -0.25) is 0 Å². The van der Waals surface area contributed by atoms with Gasteiger partial charge in [-0.25, -0.2) is 4.79 Å². The maximum Gasteiger partial charge on any atom is 0.407 e. The molecule has 6 heteroatoms. The van der Waals surface area contributed by atoms with Crippen LogP contribution in [0.3, 0.4) is 0 Å². The summed E-state index contributed by atoms with van der Waals surface area (Å²) in [5.41, 5.74) is -0.845. The summed E-state index contributed by atoms with van der Waals surface area (Å²) >= 11 is 0. The molecular formula is C17H35NO5. The third kappa shape index (κ3) is 11.3. The summed E-state index contributed by atoms with van der Waals surface area (Å²) in [4.78, 5) is 11.8. The number of hydrogen-bond donors (Lipinski definition) is 2. The molecule has 0 heterocycles. The number of alkyl carbamates (subject to hydrolysis) is 1. The second kappa shape index (κ2) is 11.6. The van der Waals surface area contributed by atoms with Gasteiger partial charge >= 0.3 is 6.09 Å². The zero-order valence-corrected chi connectivity index (χ0v) is 15.4. The van der Waals surface area contributed by atoms with E-state index in [9.17, 15) is 9.90 Å². The minimum atomic E-state index is -0.522. The second-order valence-electron chi connectivity index (χ2n) is 6.97. The normalized spacial score (nSPS) is 14.3. The monoisotopic (exact) mass is 333 g/mol. The van der Waals surface area contributed by atoms with Crippen molar-refractivity contribution in [1.29, 1.82) is 0 Å². The number of amides is 1. The Morgan fingerprint density at radius 1 is 1.13 bits per heavy atom. The molecule has 0 aromatic heterocycles. The van der Waals surface area contributed by atoms with Gasteiger partial charge in [0.05, 0.1) is 19.8 Å². The Balaban J connectivity index is 4.33. The highest BCUT2D eigenvalue weighted by atomic mass is 16.6. The molecule has 0 spiro atoms. The van der Waals surface area contributed by atoms with Crippen molar-refractivity contribution < 1.29 is 24.1 Å². The Morgan fingerprint density at radius 2 is 1.83 bits per heavy atom. The number of aliphatic hydroxyl groups excluding tert-OH is 1. The number of methoxy groups -OCH3 is 1. The number of carbonyl (C=O) groups excluding carboxylic acids is 1. The van der Waals surface area contributed by atoms with Crippen LogP contribution in [-0.2, 0) is 14.2 Å². The molecule has 0 aromatic carbocycles. The fourth-order valence-corrected chi connectivity index (χ4v) is 2.41. The maximum absolute atomic E-state index is 11.8. The summed E-state index contributed by atoms with van der Waals surface area (Å²) in [6.07, 6.45) is 2.97. The lowest BCUT2D eigenvalue weighted by Crippen LogP contribution is -2.42. The van der Waals surface area contributed by atoms with Crippen molar-refractivity contribution in [2.45, 2.75) is 59.0 Å². The van der Waals surface area contributed by atoms with Gasteiger partial charge in [0, 0.05) is 25.7 Å².